The van der Waals surface area contributed by atoms with Crippen LogP contribution in [0.5, 0.6) is 5.75 Å². The summed E-state index contributed by atoms with van der Waals surface area (Å²) in [5, 5.41) is 6.80. The summed E-state index contributed by atoms with van der Waals surface area (Å²) in [6.07, 6.45) is 1.48. The monoisotopic (exact) mass is 347 g/mol. The third-order valence-electron chi connectivity index (χ3n) is 3.88. The van der Waals surface area contributed by atoms with Crippen LogP contribution in [0, 0.1) is 0 Å². The SMILES string of the molecule is COc1ccc(-c2noc(CCC(=O)NC[C@H]3CCOCO3)n2)cc1. The molecule has 2 aromatic rings. The zero-order chi connectivity index (χ0) is 17.5. The number of hydrogen-bond donors (Lipinski definition) is 1. The lowest BCUT2D eigenvalue weighted by atomic mass is 10.2. The zero-order valence-electron chi connectivity index (χ0n) is 14.1. The second-order valence-electron chi connectivity index (χ2n) is 5.65. The molecule has 0 radical (unpaired) electrons. The summed E-state index contributed by atoms with van der Waals surface area (Å²) in [5.41, 5.74) is 0.830. The number of nitrogens with zero attached hydrogens (tertiary/aromatic N) is 2. The maximum absolute atomic E-state index is 11.9. The van der Waals surface area contributed by atoms with Gasteiger partial charge in [0.15, 0.2) is 0 Å². The lowest BCUT2D eigenvalue weighted by Crippen LogP contribution is -2.37. The molecule has 2 heterocycles. The number of methoxy groups -OCH3 is 1. The van der Waals surface area contributed by atoms with Crippen LogP contribution in [0.1, 0.15) is 18.7 Å². The van der Waals surface area contributed by atoms with Crippen molar-refractivity contribution < 1.29 is 23.5 Å². The van der Waals surface area contributed by atoms with E-state index >= 15 is 0 Å². The highest BCUT2D eigenvalue weighted by molar-refractivity contribution is 5.76. The minimum Gasteiger partial charge on any atom is -0.497 e. The molecule has 0 spiro atoms. The average molecular weight is 347 g/mol. The average Bonchev–Trinajstić information content (AvgIpc) is 3.14. The van der Waals surface area contributed by atoms with Crippen molar-refractivity contribution in [3.8, 4) is 17.1 Å². The summed E-state index contributed by atoms with van der Waals surface area (Å²) >= 11 is 0. The third-order valence-corrected chi connectivity index (χ3v) is 3.88. The number of ether oxygens (including phenoxy) is 3. The predicted octanol–water partition coefficient (Wildman–Crippen LogP) is 1.56. The summed E-state index contributed by atoms with van der Waals surface area (Å²) in [6.45, 7) is 1.44. The molecule has 0 unspecified atom stereocenters. The molecule has 8 heteroatoms. The van der Waals surface area contributed by atoms with Crippen molar-refractivity contribution >= 4 is 5.91 Å². The van der Waals surface area contributed by atoms with Gasteiger partial charge in [-0.2, -0.15) is 4.98 Å². The summed E-state index contributed by atoms with van der Waals surface area (Å²) in [5.74, 6) is 1.62. The van der Waals surface area contributed by atoms with Crippen LogP contribution >= 0.6 is 0 Å². The number of aromatic nitrogens is 2. The molecule has 0 bridgehead atoms. The van der Waals surface area contributed by atoms with Crippen LogP contribution < -0.4 is 10.1 Å². The van der Waals surface area contributed by atoms with Crippen LogP contribution in [0.4, 0.5) is 0 Å². The summed E-state index contributed by atoms with van der Waals surface area (Å²) < 4.78 is 20.8. The maximum atomic E-state index is 11.9. The maximum Gasteiger partial charge on any atom is 0.227 e. The van der Waals surface area contributed by atoms with Crippen molar-refractivity contribution in [2.45, 2.75) is 25.4 Å². The van der Waals surface area contributed by atoms with Gasteiger partial charge in [-0.3, -0.25) is 4.79 Å². The molecule has 0 saturated carbocycles. The largest absolute Gasteiger partial charge is 0.497 e. The van der Waals surface area contributed by atoms with Crippen LogP contribution in [0.25, 0.3) is 11.4 Å². The Hall–Kier alpha value is -2.45. The molecule has 134 valence electrons. The molecule has 8 nitrogen and oxygen atoms in total. The van der Waals surface area contributed by atoms with Gasteiger partial charge in [-0.25, -0.2) is 0 Å². The number of nitrogens with one attached hydrogen (secondary N) is 1. The first-order valence-electron chi connectivity index (χ1n) is 8.17. The van der Waals surface area contributed by atoms with E-state index in [4.69, 9.17) is 18.7 Å². The third kappa shape index (κ3) is 5.01. The highest BCUT2D eigenvalue weighted by Gasteiger charge is 2.16. The standard InChI is InChI=1S/C17H21N3O5/c1-22-13-4-2-12(3-5-13)17-19-16(25-20-17)7-6-15(21)18-10-14-8-9-23-11-24-14/h2-5,14H,6-11H2,1H3,(H,18,21)/t14-/m1/s1. The van der Waals surface area contributed by atoms with Gasteiger partial charge in [0, 0.05) is 24.9 Å². The fourth-order valence-corrected chi connectivity index (χ4v) is 2.41. The van der Waals surface area contributed by atoms with E-state index in [9.17, 15) is 4.79 Å². The molecule has 3 rings (SSSR count). The molecule has 1 aliphatic heterocycles. The van der Waals surface area contributed by atoms with Gasteiger partial charge in [0.1, 0.15) is 12.5 Å². The van der Waals surface area contributed by atoms with Gasteiger partial charge in [-0.1, -0.05) is 5.16 Å². The van der Waals surface area contributed by atoms with Gasteiger partial charge in [0.25, 0.3) is 0 Å². The van der Waals surface area contributed by atoms with E-state index in [1.807, 2.05) is 24.3 Å². The molecule has 1 amide bonds. The molecule has 1 N–H and O–H groups in total. The molecule has 1 aliphatic rings. The molecule has 1 fully saturated rings. The fraction of sp³-hybridized carbons (Fsp3) is 0.471. The molecule has 1 aromatic carbocycles. The molecule has 0 aliphatic carbocycles. The Kier molecular flexibility index (Phi) is 5.97. The van der Waals surface area contributed by atoms with Crippen LogP contribution in [-0.2, 0) is 20.7 Å². The molecule has 1 aromatic heterocycles. The minimum atomic E-state index is -0.0701. The second kappa shape index (κ2) is 8.59. The molecule has 1 atom stereocenters. The number of aryl methyl sites for hydroxylation is 1. The number of carbonyl (C=O) groups excluding carboxylic acids is 1. The van der Waals surface area contributed by atoms with Crippen LogP contribution in [0.3, 0.4) is 0 Å². The Labute approximate surface area is 145 Å². The van der Waals surface area contributed by atoms with Crippen molar-refractivity contribution in [1.29, 1.82) is 0 Å². The van der Waals surface area contributed by atoms with Gasteiger partial charge < -0.3 is 24.1 Å². The Balaban J connectivity index is 1.45. The van der Waals surface area contributed by atoms with E-state index in [1.54, 1.807) is 7.11 Å². The lowest BCUT2D eigenvalue weighted by Gasteiger charge is -2.22. The first-order chi connectivity index (χ1) is 12.2. The molecule has 1 saturated heterocycles. The number of benzene rings is 1. The predicted molar refractivity (Wildman–Crippen MR) is 87.9 cm³/mol. The second-order valence-corrected chi connectivity index (χ2v) is 5.65. The topological polar surface area (TPSA) is 95.7 Å². The number of hydrogen-bond acceptors (Lipinski definition) is 7. The van der Waals surface area contributed by atoms with Crippen LogP contribution in [0.15, 0.2) is 28.8 Å². The first kappa shape index (κ1) is 17.4. The molecular formula is C17H21N3O5. The van der Waals surface area contributed by atoms with E-state index in [0.29, 0.717) is 31.3 Å². The van der Waals surface area contributed by atoms with E-state index < -0.39 is 0 Å². The van der Waals surface area contributed by atoms with Crippen LogP contribution in [-0.4, -0.2) is 49.2 Å². The molecular weight excluding hydrogens is 326 g/mol. The highest BCUT2D eigenvalue weighted by Crippen LogP contribution is 2.20. The van der Waals surface area contributed by atoms with Gasteiger partial charge in [0.2, 0.25) is 17.6 Å². The van der Waals surface area contributed by atoms with Gasteiger partial charge >= 0.3 is 0 Å². The number of rotatable bonds is 7. The van der Waals surface area contributed by atoms with E-state index in [2.05, 4.69) is 15.5 Å². The van der Waals surface area contributed by atoms with E-state index in [1.165, 1.54) is 0 Å². The van der Waals surface area contributed by atoms with Crippen molar-refractivity contribution in [3.05, 3.63) is 30.2 Å². The van der Waals surface area contributed by atoms with Crippen molar-refractivity contribution in [3.63, 3.8) is 0 Å². The quantitative estimate of drug-likeness (QED) is 0.812. The smallest absolute Gasteiger partial charge is 0.227 e. The Bertz CT molecular complexity index is 680. The summed E-state index contributed by atoms with van der Waals surface area (Å²) in [6, 6.07) is 7.37. The normalized spacial score (nSPS) is 17.2. The minimum absolute atomic E-state index is 0.0165. The highest BCUT2D eigenvalue weighted by atomic mass is 16.7. The summed E-state index contributed by atoms with van der Waals surface area (Å²) in [7, 11) is 1.61. The van der Waals surface area contributed by atoms with E-state index in [-0.39, 0.29) is 25.2 Å². The van der Waals surface area contributed by atoms with Crippen molar-refractivity contribution in [1.82, 2.24) is 15.5 Å². The number of amides is 1. The van der Waals surface area contributed by atoms with Gasteiger partial charge in [0.05, 0.1) is 19.8 Å². The van der Waals surface area contributed by atoms with E-state index in [0.717, 1.165) is 17.7 Å². The van der Waals surface area contributed by atoms with Crippen molar-refractivity contribution in [2.24, 2.45) is 0 Å². The van der Waals surface area contributed by atoms with Crippen molar-refractivity contribution in [2.75, 3.05) is 27.1 Å². The van der Waals surface area contributed by atoms with Crippen LogP contribution in [0.2, 0.25) is 0 Å². The lowest BCUT2D eigenvalue weighted by molar-refractivity contribution is -0.141. The molecule has 25 heavy (non-hydrogen) atoms. The zero-order valence-corrected chi connectivity index (χ0v) is 14.1. The van der Waals surface area contributed by atoms with Gasteiger partial charge in [-0.05, 0) is 30.7 Å². The number of carbonyl (C=O) groups is 1. The fourth-order valence-electron chi connectivity index (χ4n) is 2.41. The summed E-state index contributed by atoms with van der Waals surface area (Å²) in [4.78, 5) is 16.2. The Morgan fingerprint density at radius 3 is 2.92 bits per heavy atom. The Morgan fingerprint density at radius 1 is 1.36 bits per heavy atom. The first-order valence-corrected chi connectivity index (χ1v) is 8.17. The van der Waals surface area contributed by atoms with Gasteiger partial charge in [-0.15, -0.1) is 0 Å². The Morgan fingerprint density at radius 2 is 2.20 bits per heavy atom.